The highest BCUT2D eigenvalue weighted by atomic mass is 16.6. The van der Waals surface area contributed by atoms with Gasteiger partial charge in [-0.15, -0.1) is 0 Å². The number of amides is 1. The highest BCUT2D eigenvalue weighted by molar-refractivity contribution is 5.70. The number of benzene rings is 1. The molecule has 1 saturated heterocycles. The van der Waals surface area contributed by atoms with Crippen LogP contribution in [0.4, 0.5) is 4.79 Å². The first-order chi connectivity index (χ1) is 9.17. The minimum Gasteiger partial charge on any atom is -0.441 e. The molecule has 0 radical (unpaired) electrons. The van der Waals surface area contributed by atoms with Crippen molar-refractivity contribution in [3.05, 3.63) is 35.4 Å². The predicted molar refractivity (Wildman–Crippen MR) is 73.9 cm³/mol. The van der Waals surface area contributed by atoms with Crippen LogP contribution in [-0.4, -0.2) is 23.1 Å². The van der Waals surface area contributed by atoms with E-state index in [4.69, 9.17) is 4.74 Å². The minimum absolute atomic E-state index is 0.136. The van der Waals surface area contributed by atoms with Gasteiger partial charge in [-0.1, -0.05) is 36.2 Å². The Morgan fingerprint density at radius 3 is 2.79 bits per heavy atom. The molecule has 1 aliphatic heterocycles. The maximum atomic E-state index is 12.0. The van der Waals surface area contributed by atoms with E-state index in [9.17, 15) is 4.79 Å². The number of aryl methyl sites for hydroxylation is 1. The molecule has 0 N–H and O–H groups in total. The Morgan fingerprint density at radius 1 is 1.26 bits per heavy atom. The highest BCUT2D eigenvalue weighted by Crippen LogP contribution is 2.37. The van der Waals surface area contributed by atoms with E-state index in [-0.39, 0.29) is 11.7 Å². The van der Waals surface area contributed by atoms with Crippen LogP contribution in [0, 0.1) is 6.92 Å². The maximum Gasteiger partial charge on any atom is 0.410 e. The average Bonchev–Trinajstić information content (AvgIpc) is 2.66. The molecule has 1 saturated carbocycles. The van der Waals surface area contributed by atoms with E-state index in [1.165, 1.54) is 30.4 Å². The van der Waals surface area contributed by atoms with Crippen molar-refractivity contribution in [2.45, 2.75) is 51.2 Å². The van der Waals surface area contributed by atoms with E-state index in [0.717, 1.165) is 19.4 Å². The second kappa shape index (κ2) is 4.87. The van der Waals surface area contributed by atoms with Gasteiger partial charge in [-0.05, 0) is 38.2 Å². The summed E-state index contributed by atoms with van der Waals surface area (Å²) < 4.78 is 5.69. The van der Waals surface area contributed by atoms with Crippen molar-refractivity contribution in [2.24, 2.45) is 0 Å². The van der Waals surface area contributed by atoms with E-state index in [0.29, 0.717) is 6.54 Å². The van der Waals surface area contributed by atoms with Crippen LogP contribution in [0.2, 0.25) is 0 Å². The molecule has 0 bridgehead atoms. The monoisotopic (exact) mass is 259 g/mol. The van der Waals surface area contributed by atoms with Crippen LogP contribution in [0.3, 0.4) is 0 Å². The Balaban J connectivity index is 1.70. The Bertz CT molecular complexity index is 477. The molecule has 2 aliphatic rings. The van der Waals surface area contributed by atoms with Gasteiger partial charge in [-0.2, -0.15) is 0 Å². The molecule has 0 aromatic heterocycles. The van der Waals surface area contributed by atoms with E-state index >= 15 is 0 Å². The van der Waals surface area contributed by atoms with Crippen LogP contribution >= 0.6 is 0 Å². The molecule has 1 aromatic rings. The van der Waals surface area contributed by atoms with Gasteiger partial charge in [-0.25, -0.2) is 4.79 Å². The molecule has 0 unspecified atom stereocenters. The fraction of sp³-hybridized carbons (Fsp3) is 0.562. The van der Waals surface area contributed by atoms with Crippen LogP contribution in [0.15, 0.2) is 24.3 Å². The first kappa shape index (κ1) is 12.5. The topological polar surface area (TPSA) is 29.5 Å². The summed E-state index contributed by atoms with van der Waals surface area (Å²) >= 11 is 0. The number of hydrogen-bond donors (Lipinski definition) is 0. The van der Waals surface area contributed by atoms with Gasteiger partial charge in [0.2, 0.25) is 0 Å². The Kier molecular flexibility index (Phi) is 3.21. The molecular formula is C16H21NO2. The molecule has 1 aromatic carbocycles. The Morgan fingerprint density at radius 2 is 2.05 bits per heavy atom. The van der Waals surface area contributed by atoms with Gasteiger partial charge >= 0.3 is 6.09 Å². The highest BCUT2D eigenvalue weighted by Gasteiger charge is 2.45. The van der Waals surface area contributed by atoms with E-state index in [2.05, 4.69) is 25.1 Å². The smallest absolute Gasteiger partial charge is 0.410 e. The zero-order chi connectivity index (χ0) is 13.3. The number of carbonyl (C=O) groups is 1. The standard InChI is InChI=1S/C16H21NO2/c1-13-6-5-7-14(10-13)11-17-12-16(19-15(17)18)8-3-2-4-9-16/h5-7,10H,2-4,8-9,11-12H2,1H3. The molecule has 0 atom stereocenters. The molecule has 1 aliphatic carbocycles. The molecule has 19 heavy (non-hydrogen) atoms. The fourth-order valence-electron chi connectivity index (χ4n) is 3.30. The van der Waals surface area contributed by atoms with Crippen molar-refractivity contribution < 1.29 is 9.53 Å². The maximum absolute atomic E-state index is 12.0. The summed E-state index contributed by atoms with van der Waals surface area (Å²) in [5, 5.41) is 0. The largest absolute Gasteiger partial charge is 0.441 e. The number of carbonyl (C=O) groups excluding carboxylic acids is 1. The van der Waals surface area contributed by atoms with Crippen molar-refractivity contribution in [1.82, 2.24) is 4.90 Å². The molecule has 3 rings (SSSR count). The lowest BCUT2D eigenvalue weighted by Crippen LogP contribution is -2.36. The lowest BCUT2D eigenvalue weighted by atomic mass is 9.85. The van der Waals surface area contributed by atoms with Crippen LogP contribution in [0.5, 0.6) is 0 Å². The molecule has 1 spiro atoms. The van der Waals surface area contributed by atoms with Gasteiger partial charge in [-0.3, -0.25) is 4.90 Å². The van der Waals surface area contributed by atoms with Crippen molar-refractivity contribution in [3.63, 3.8) is 0 Å². The normalized spacial score (nSPS) is 21.7. The van der Waals surface area contributed by atoms with Crippen molar-refractivity contribution in [2.75, 3.05) is 6.54 Å². The molecular weight excluding hydrogens is 238 g/mol. The van der Waals surface area contributed by atoms with Gasteiger partial charge in [0, 0.05) is 6.54 Å². The first-order valence-corrected chi connectivity index (χ1v) is 7.20. The van der Waals surface area contributed by atoms with Gasteiger partial charge in [0.15, 0.2) is 0 Å². The molecule has 1 amide bonds. The summed E-state index contributed by atoms with van der Waals surface area (Å²) in [5.41, 5.74) is 2.24. The SMILES string of the molecule is Cc1cccc(CN2CC3(CCCCC3)OC2=O)c1. The zero-order valence-electron chi connectivity index (χ0n) is 11.5. The molecule has 102 valence electrons. The van der Waals surface area contributed by atoms with Gasteiger partial charge in [0.25, 0.3) is 0 Å². The Labute approximate surface area is 114 Å². The quantitative estimate of drug-likeness (QED) is 0.811. The summed E-state index contributed by atoms with van der Waals surface area (Å²) in [4.78, 5) is 13.9. The van der Waals surface area contributed by atoms with Crippen LogP contribution in [-0.2, 0) is 11.3 Å². The summed E-state index contributed by atoms with van der Waals surface area (Å²) in [6.45, 7) is 3.51. The second-order valence-electron chi connectivity index (χ2n) is 5.96. The predicted octanol–water partition coefficient (Wildman–Crippen LogP) is 3.65. The summed E-state index contributed by atoms with van der Waals surface area (Å²) in [7, 11) is 0. The third-order valence-corrected chi connectivity index (χ3v) is 4.26. The van der Waals surface area contributed by atoms with Crippen LogP contribution in [0.25, 0.3) is 0 Å². The van der Waals surface area contributed by atoms with Crippen molar-refractivity contribution >= 4 is 6.09 Å². The van der Waals surface area contributed by atoms with E-state index in [1.54, 1.807) is 0 Å². The zero-order valence-corrected chi connectivity index (χ0v) is 11.5. The molecule has 1 heterocycles. The number of nitrogens with zero attached hydrogens (tertiary/aromatic N) is 1. The third-order valence-electron chi connectivity index (χ3n) is 4.26. The number of hydrogen-bond acceptors (Lipinski definition) is 2. The molecule has 3 nitrogen and oxygen atoms in total. The lowest BCUT2D eigenvalue weighted by Gasteiger charge is -2.30. The minimum atomic E-state index is -0.181. The van der Waals surface area contributed by atoms with Gasteiger partial charge in [0.1, 0.15) is 5.60 Å². The van der Waals surface area contributed by atoms with Gasteiger partial charge < -0.3 is 4.74 Å². The van der Waals surface area contributed by atoms with Gasteiger partial charge in [0.05, 0.1) is 6.54 Å². The van der Waals surface area contributed by atoms with Crippen molar-refractivity contribution in [3.8, 4) is 0 Å². The Hall–Kier alpha value is -1.51. The summed E-state index contributed by atoms with van der Waals surface area (Å²) in [6.07, 6.45) is 5.57. The summed E-state index contributed by atoms with van der Waals surface area (Å²) in [5.74, 6) is 0. The first-order valence-electron chi connectivity index (χ1n) is 7.20. The summed E-state index contributed by atoms with van der Waals surface area (Å²) in [6, 6.07) is 8.34. The van der Waals surface area contributed by atoms with Crippen LogP contribution in [0.1, 0.15) is 43.2 Å². The van der Waals surface area contributed by atoms with E-state index in [1.807, 2.05) is 11.0 Å². The molecule has 3 heteroatoms. The van der Waals surface area contributed by atoms with Crippen molar-refractivity contribution in [1.29, 1.82) is 0 Å². The number of rotatable bonds is 2. The molecule has 2 fully saturated rings. The second-order valence-corrected chi connectivity index (χ2v) is 5.96. The average molecular weight is 259 g/mol. The lowest BCUT2D eigenvalue weighted by molar-refractivity contribution is 0.0260. The van der Waals surface area contributed by atoms with Crippen LogP contribution < -0.4 is 0 Å². The fourth-order valence-corrected chi connectivity index (χ4v) is 3.30. The van der Waals surface area contributed by atoms with E-state index < -0.39 is 0 Å². The third kappa shape index (κ3) is 2.60. The number of ether oxygens (including phenoxy) is 1.